The molecule has 0 bridgehead atoms. The Morgan fingerprint density at radius 2 is 1.69 bits per heavy atom. The monoisotopic (exact) mass is 346 g/mol. The van der Waals surface area contributed by atoms with Crippen molar-refractivity contribution in [3.8, 4) is 11.3 Å². The average molecular weight is 346 g/mol. The number of anilines is 1. The predicted molar refractivity (Wildman–Crippen MR) is 102 cm³/mol. The number of rotatable bonds is 4. The third kappa shape index (κ3) is 3.04. The molecular formula is C21H19FN4. The van der Waals surface area contributed by atoms with Crippen molar-refractivity contribution in [1.29, 1.82) is 0 Å². The number of nitrogens with one attached hydrogen (secondary N) is 1. The van der Waals surface area contributed by atoms with Crippen LogP contribution in [0, 0.1) is 19.7 Å². The number of hydrogen-bond donors (Lipinski definition) is 1. The van der Waals surface area contributed by atoms with Crippen molar-refractivity contribution in [3.05, 3.63) is 83.4 Å². The summed E-state index contributed by atoms with van der Waals surface area (Å²) in [4.78, 5) is 9.27. The molecule has 0 aliphatic carbocycles. The van der Waals surface area contributed by atoms with E-state index in [1.165, 1.54) is 17.7 Å². The average Bonchev–Trinajstić information content (AvgIpc) is 3.00. The molecule has 0 radical (unpaired) electrons. The lowest BCUT2D eigenvalue weighted by molar-refractivity contribution is 0.628. The molecule has 26 heavy (non-hydrogen) atoms. The van der Waals surface area contributed by atoms with E-state index in [2.05, 4.69) is 22.4 Å². The standard InChI is InChI=1S/C21H19FN4/c1-14-12-15(2)26-20(23-13-16-6-4-3-5-7-16)19(25-21(26)24-14)17-8-10-18(22)11-9-17/h3-12,23H,13H2,1-2H3. The van der Waals surface area contributed by atoms with E-state index < -0.39 is 0 Å². The van der Waals surface area contributed by atoms with Gasteiger partial charge in [0.2, 0.25) is 5.78 Å². The van der Waals surface area contributed by atoms with Gasteiger partial charge in [0.05, 0.1) is 0 Å². The zero-order chi connectivity index (χ0) is 18.1. The smallest absolute Gasteiger partial charge is 0.236 e. The molecule has 0 unspecified atom stereocenters. The first-order chi connectivity index (χ1) is 12.6. The van der Waals surface area contributed by atoms with Crippen molar-refractivity contribution < 1.29 is 4.39 Å². The molecule has 0 saturated carbocycles. The molecule has 2 aromatic heterocycles. The maximum absolute atomic E-state index is 13.3. The van der Waals surface area contributed by atoms with Crippen molar-refractivity contribution in [2.24, 2.45) is 0 Å². The second-order valence-electron chi connectivity index (χ2n) is 6.33. The number of imidazole rings is 1. The van der Waals surface area contributed by atoms with Gasteiger partial charge in [-0.15, -0.1) is 0 Å². The van der Waals surface area contributed by atoms with Crippen molar-refractivity contribution in [2.75, 3.05) is 5.32 Å². The van der Waals surface area contributed by atoms with Gasteiger partial charge in [0, 0.05) is 23.5 Å². The van der Waals surface area contributed by atoms with E-state index in [9.17, 15) is 4.39 Å². The van der Waals surface area contributed by atoms with Gasteiger partial charge in [0.15, 0.2) is 0 Å². The van der Waals surface area contributed by atoms with Crippen LogP contribution in [0.1, 0.15) is 17.0 Å². The molecule has 0 amide bonds. The van der Waals surface area contributed by atoms with Gasteiger partial charge in [-0.2, -0.15) is 0 Å². The highest BCUT2D eigenvalue weighted by molar-refractivity contribution is 5.76. The third-order valence-corrected chi connectivity index (χ3v) is 4.33. The van der Waals surface area contributed by atoms with Crippen molar-refractivity contribution in [1.82, 2.24) is 14.4 Å². The summed E-state index contributed by atoms with van der Waals surface area (Å²) in [5, 5.41) is 3.49. The van der Waals surface area contributed by atoms with Gasteiger partial charge in [-0.1, -0.05) is 30.3 Å². The highest BCUT2D eigenvalue weighted by Gasteiger charge is 2.17. The third-order valence-electron chi connectivity index (χ3n) is 4.33. The van der Waals surface area contributed by atoms with Crippen molar-refractivity contribution >= 4 is 11.6 Å². The molecule has 5 heteroatoms. The van der Waals surface area contributed by atoms with E-state index in [-0.39, 0.29) is 5.82 Å². The van der Waals surface area contributed by atoms with Gasteiger partial charge in [0.1, 0.15) is 17.3 Å². The van der Waals surface area contributed by atoms with Crippen LogP contribution in [-0.4, -0.2) is 14.4 Å². The normalized spacial score (nSPS) is 11.0. The fourth-order valence-electron chi connectivity index (χ4n) is 3.13. The molecule has 4 nitrogen and oxygen atoms in total. The van der Waals surface area contributed by atoms with Crippen molar-refractivity contribution in [2.45, 2.75) is 20.4 Å². The number of halogens is 1. The maximum atomic E-state index is 13.3. The second kappa shape index (κ2) is 6.59. The maximum Gasteiger partial charge on any atom is 0.236 e. The largest absolute Gasteiger partial charge is 0.365 e. The van der Waals surface area contributed by atoms with Gasteiger partial charge >= 0.3 is 0 Å². The second-order valence-corrected chi connectivity index (χ2v) is 6.33. The Kier molecular flexibility index (Phi) is 4.13. The fourth-order valence-corrected chi connectivity index (χ4v) is 3.13. The zero-order valence-electron chi connectivity index (χ0n) is 14.7. The van der Waals surface area contributed by atoms with E-state index in [4.69, 9.17) is 4.98 Å². The topological polar surface area (TPSA) is 42.2 Å². The van der Waals surface area contributed by atoms with Crippen LogP contribution >= 0.6 is 0 Å². The summed E-state index contributed by atoms with van der Waals surface area (Å²) in [6.07, 6.45) is 0. The SMILES string of the molecule is Cc1cc(C)n2c(NCc3ccccc3)c(-c3ccc(F)cc3)nc2n1. The Morgan fingerprint density at radius 1 is 0.962 bits per heavy atom. The molecule has 4 aromatic rings. The Hall–Kier alpha value is -3.21. The summed E-state index contributed by atoms with van der Waals surface area (Å²) in [6.45, 7) is 4.65. The minimum absolute atomic E-state index is 0.263. The minimum atomic E-state index is -0.263. The molecule has 0 fully saturated rings. The summed E-state index contributed by atoms with van der Waals surface area (Å²) in [5.74, 6) is 1.24. The minimum Gasteiger partial charge on any atom is -0.365 e. The molecule has 0 spiro atoms. The van der Waals surface area contributed by atoms with Crippen LogP contribution in [0.4, 0.5) is 10.2 Å². The summed E-state index contributed by atoms with van der Waals surface area (Å²) < 4.78 is 15.3. The molecule has 1 N–H and O–H groups in total. The Morgan fingerprint density at radius 3 is 2.42 bits per heavy atom. The number of aryl methyl sites for hydroxylation is 2. The molecule has 0 saturated heterocycles. The number of hydrogen-bond acceptors (Lipinski definition) is 3. The van der Waals surface area contributed by atoms with Crippen LogP contribution in [0.5, 0.6) is 0 Å². The summed E-state index contributed by atoms with van der Waals surface area (Å²) >= 11 is 0. The highest BCUT2D eigenvalue weighted by Crippen LogP contribution is 2.30. The molecule has 2 heterocycles. The number of benzene rings is 2. The summed E-state index contributed by atoms with van der Waals surface area (Å²) in [5.41, 5.74) is 4.75. The Balaban J connectivity index is 1.84. The molecule has 2 aromatic carbocycles. The fraction of sp³-hybridized carbons (Fsp3) is 0.143. The van der Waals surface area contributed by atoms with Gasteiger partial charge in [0.25, 0.3) is 0 Å². The van der Waals surface area contributed by atoms with Gasteiger partial charge in [-0.05, 0) is 49.7 Å². The lowest BCUT2D eigenvalue weighted by atomic mass is 10.1. The van der Waals surface area contributed by atoms with Crippen LogP contribution in [0.15, 0.2) is 60.7 Å². The molecule has 0 aliphatic rings. The molecule has 0 atom stereocenters. The van der Waals surface area contributed by atoms with Crippen LogP contribution < -0.4 is 5.32 Å². The van der Waals surface area contributed by atoms with E-state index in [1.807, 2.05) is 42.5 Å². The van der Waals surface area contributed by atoms with E-state index in [1.54, 1.807) is 12.1 Å². The van der Waals surface area contributed by atoms with Crippen LogP contribution in [0.25, 0.3) is 17.0 Å². The van der Waals surface area contributed by atoms with E-state index in [0.717, 1.165) is 28.5 Å². The predicted octanol–water partition coefficient (Wildman–Crippen LogP) is 4.76. The summed E-state index contributed by atoms with van der Waals surface area (Å²) in [7, 11) is 0. The van der Waals surface area contributed by atoms with Crippen molar-refractivity contribution in [3.63, 3.8) is 0 Å². The van der Waals surface area contributed by atoms with E-state index >= 15 is 0 Å². The quantitative estimate of drug-likeness (QED) is 0.579. The first-order valence-corrected chi connectivity index (χ1v) is 8.52. The molecule has 130 valence electrons. The highest BCUT2D eigenvalue weighted by atomic mass is 19.1. The van der Waals surface area contributed by atoms with E-state index in [0.29, 0.717) is 12.3 Å². The molecule has 0 aliphatic heterocycles. The van der Waals surface area contributed by atoms with Gasteiger partial charge in [-0.25, -0.2) is 14.4 Å². The van der Waals surface area contributed by atoms with Gasteiger partial charge < -0.3 is 5.32 Å². The first-order valence-electron chi connectivity index (χ1n) is 8.52. The zero-order valence-corrected chi connectivity index (χ0v) is 14.7. The lowest BCUT2D eigenvalue weighted by Crippen LogP contribution is -2.05. The van der Waals surface area contributed by atoms with Crippen LogP contribution in [0.3, 0.4) is 0 Å². The number of nitrogens with zero attached hydrogens (tertiary/aromatic N) is 3. The summed E-state index contributed by atoms with van der Waals surface area (Å²) in [6, 6.07) is 18.6. The number of aromatic nitrogens is 3. The van der Waals surface area contributed by atoms with Gasteiger partial charge in [-0.3, -0.25) is 4.40 Å². The molecular weight excluding hydrogens is 327 g/mol. The lowest BCUT2D eigenvalue weighted by Gasteiger charge is -2.11. The Labute approximate surface area is 151 Å². The first kappa shape index (κ1) is 16.3. The van der Waals surface area contributed by atoms with Crippen LogP contribution in [-0.2, 0) is 6.54 Å². The Bertz CT molecular complexity index is 1050. The number of fused-ring (bicyclic) bond motifs is 1. The van der Waals surface area contributed by atoms with Crippen LogP contribution in [0.2, 0.25) is 0 Å². The molecule has 4 rings (SSSR count).